The van der Waals surface area contributed by atoms with Crippen molar-refractivity contribution in [1.29, 1.82) is 0 Å². The van der Waals surface area contributed by atoms with Crippen molar-refractivity contribution in [1.82, 2.24) is 35.2 Å². The molecule has 0 fully saturated rings. The summed E-state index contributed by atoms with van der Waals surface area (Å²) in [6.07, 6.45) is 5.02. The molecule has 1 amide bonds. The van der Waals surface area contributed by atoms with E-state index in [0.717, 1.165) is 5.56 Å². The zero-order valence-electron chi connectivity index (χ0n) is 13.3. The molecule has 0 spiro atoms. The predicted molar refractivity (Wildman–Crippen MR) is 81.4 cm³/mol. The molecule has 0 aromatic carbocycles. The number of aromatic nitrogens is 6. The van der Waals surface area contributed by atoms with Gasteiger partial charge in [-0.05, 0) is 12.5 Å². The van der Waals surface area contributed by atoms with Crippen molar-refractivity contribution in [2.45, 2.75) is 26.6 Å². The Labute approximate surface area is 141 Å². The third-order valence-corrected chi connectivity index (χ3v) is 3.19. The van der Waals surface area contributed by atoms with Gasteiger partial charge in [0, 0.05) is 12.3 Å². The van der Waals surface area contributed by atoms with E-state index in [9.17, 15) is 9.59 Å². The van der Waals surface area contributed by atoms with Crippen LogP contribution in [-0.2, 0) is 24.4 Å². The van der Waals surface area contributed by atoms with Crippen LogP contribution in [0.2, 0.25) is 0 Å². The van der Waals surface area contributed by atoms with Crippen molar-refractivity contribution in [3.05, 3.63) is 47.4 Å². The minimum Gasteiger partial charge on any atom is -0.480 e. The van der Waals surface area contributed by atoms with Crippen molar-refractivity contribution in [2.75, 3.05) is 0 Å². The summed E-state index contributed by atoms with van der Waals surface area (Å²) in [5, 5.41) is 26.6. The minimum atomic E-state index is -1.03. The molecule has 0 radical (unpaired) electrons. The summed E-state index contributed by atoms with van der Waals surface area (Å²) < 4.78 is 7.98. The van der Waals surface area contributed by atoms with Crippen LogP contribution in [0.5, 0.6) is 0 Å². The molecular weight excluding hydrogens is 330 g/mol. The lowest BCUT2D eigenvalue weighted by atomic mass is 10.3. The Morgan fingerprint density at radius 1 is 1.32 bits per heavy atom. The van der Waals surface area contributed by atoms with Gasteiger partial charge in [0.05, 0.1) is 18.9 Å². The maximum Gasteiger partial charge on any atom is 0.325 e. The molecule has 130 valence electrons. The zero-order valence-corrected chi connectivity index (χ0v) is 13.3. The van der Waals surface area contributed by atoms with Gasteiger partial charge in [-0.15, -0.1) is 5.10 Å². The van der Waals surface area contributed by atoms with Crippen molar-refractivity contribution >= 4 is 11.9 Å². The Morgan fingerprint density at radius 2 is 2.16 bits per heavy atom. The van der Waals surface area contributed by atoms with Crippen LogP contribution >= 0.6 is 0 Å². The summed E-state index contributed by atoms with van der Waals surface area (Å²) in [6.45, 7) is 2.10. The molecule has 0 aliphatic carbocycles. The van der Waals surface area contributed by atoms with E-state index < -0.39 is 11.9 Å². The number of nitrogens with one attached hydrogen (secondary N) is 1. The standard InChI is InChI=1S/C14H15N7O4/c1-9-3-16-20(5-9)7-11-2-12(18-25-11)14(24)15-4-10-6-21(19-17-10)8-13(22)23/h2-3,5-6H,4,7-8H2,1H3,(H,15,24)(H,22,23). The lowest BCUT2D eigenvalue weighted by molar-refractivity contribution is -0.137. The Morgan fingerprint density at radius 3 is 2.88 bits per heavy atom. The van der Waals surface area contributed by atoms with Crippen LogP contribution in [0.15, 0.2) is 29.2 Å². The van der Waals surface area contributed by atoms with Gasteiger partial charge in [-0.2, -0.15) is 5.10 Å². The molecule has 3 heterocycles. The molecule has 11 heteroatoms. The molecule has 0 bridgehead atoms. The summed E-state index contributed by atoms with van der Waals surface area (Å²) in [4.78, 5) is 22.6. The quantitative estimate of drug-likeness (QED) is 0.601. The van der Waals surface area contributed by atoms with Crippen LogP contribution in [0.4, 0.5) is 0 Å². The van der Waals surface area contributed by atoms with Gasteiger partial charge in [0.1, 0.15) is 18.8 Å². The van der Waals surface area contributed by atoms with Gasteiger partial charge >= 0.3 is 5.97 Å². The number of carbonyl (C=O) groups excluding carboxylic acids is 1. The molecule has 3 aromatic rings. The first-order chi connectivity index (χ1) is 12.0. The van der Waals surface area contributed by atoms with E-state index in [-0.39, 0.29) is 18.8 Å². The molecular formula is C14H15N7O4. The van der Waals surface area contributed by atoms with Gasteiger partial charge in [-0.25, -0.2) is 4.68 Å². The number of carboxylic acid groups (broad SMARTS) is 1. The van der Waals surface area contributed by atoms with E-state index in [2.05, 4.69) is 25.9 Å². The second-order valence-electron chi connectivity index (χ2n) is 5.38. The van der Waals surface area contributed by atoms with Gasteiger partial charge in [0.2, 0.25) is 0 Å². The first-order valence-corrected chi connectivity index (χ1v) is 7.33. The number of amides is 1. The van der Waals surface area contributed by atoms with Crippen LogP contribution in [0.3, 0.4) is 0 Å². The topological polar surface area (TPSA) is 141 Å². The molecule has 0 saturated carbocycles. The molecule has 0 atom stereocenters. The number of carbonyl (C=O) groups is 2. The molecule has 0 aliphatic heterocycles. The number of carboxylic acids is 1. The number of hydrogen-bond acceptors (Lipinski definition) is 7. The summed E-state index contributed by atoms with van der Waals surface area (Å²) in [5.74, 6) is -0.955. The van der Waals surface area contributed by atoms with Crippen molar-refractivity contribution in [3.8, 4) is 0 Å². The van der Waals surface area contributed by atoms with E-state index in [1.165, 1.54) is 16.9 Å². The van der Waals surface area contributed by atoms with E-state index in [0.29, 0.717) is 18.0 Å². The normalized spacial score (nSPS) is 10.8. The second kappa shape index (κ2) is 6.95. The summed E-state index contributed by atoms with van der Waals surface area (Å²) >= 11 is 0. The molecule has 25 heavy (non-hydrogen) atoms. The smallest absolute Gasteiger partial charge is 0.325 e. The minimum absolute atomic E-state index is 0.0962. The predicted octanol–water partition coefficient (Wildman–Crippen LogP) is -0.166. The second-order valence-corrected chi connectivity index (χ2v) is 5.38. The van der Waals surface area contributed by atoms with E-state index in [1.807, 2.05) is 13.1 Å². The highest BCUT2D eigenvalue weighted by Gasteiger charge is 2.14. The van der Waals surface area contributed by atoms with Crippen LogP contribution in [0.25, 0.3) is 0 Å². The lowest BCUT2D eigenvalue weighted by Crippen LogP contribution is -2.23. The molecule has 0 unspecified atom stereocenters. The summed E-state index contributed by atoms with van der Waals surface area (Å²) in [6, 6.07) is 1.54. The Balaban J connectivity index is 1.54. The molecule has 2 N–H and O–H groups in total. The van der Waals surface area contributed by atoms with Gasteiger partial charge in [-0.3, -0.25) is 14.3 Å². The zero-order chi connectivity index (χ0) is 17.8. The number of rotatable bonds is 7. The van der Waals surface area contributed by atoms with Gasteiger partial charge in [0.15, 0.2) is 11.5 Å². The van der Waals surface area contributed by atoms with E-state index >= 15 is 0 Å². The Bertz CT molecular complexity index is 895. The van der Waals surface area contributed by atoms with Gasteiger partial charge in [0.25, 0.3) is 5.91 Å². The first-order valence-electron chi connectivity index (χ1n) is 7.33. The van der Waals surface area contributed by atoms with Crippen LogP contribution in [0, 0.1) is 6.92 Å². The van der Waals surface area contributed by atoms with Crippen LogP contribution < -0.4 is 5.32 Å². The highest BCUT2D eigenvalue weighted by atomic mass is 16.5. The van der Waals surface area contributed by atoms with E-state index in [4.69, 9.17) is 9.63 Å². The average molecular weight is 345 g/mol. The number of aryl methyl sites for hydroxylation is 1. The Hall–Kier alpha value is -3.50. The van der Waals surface area contributed by atoms with Crippen molar-refractivity contribution < 1.29 is 19.2 Å². The first kappa shape index (κ1) is 16.4. The van der Waals surface area contributed by atoms with Crippen LogP contribution in [0.1, 0.15) is 27.5 Å². The number of hydrogen-bond donors (Lipinski definition) is 2. The van der Waals surface area contributed by atoms with Crippen molar-refractivity contribution in [3.63, 3.8) is 0 Å². The highest BCUT2D eigenvalue weighted by Crippen LogP contribution is 2.07. The SMILES string of the molecule is Cc1cnn(Cc2cc(C(=O)NCc3cn(CC(=O)O)nn3)no2)c1. The fourth-order valence-electron chi connectivity index (χ4n) is 2.10. The lowest BCUT2D eigenvalue weighted by Gasteiger charge is -1.98. The monoisotopic (exact) mass is 345 g/mol. The van der Waals surface area contributed by atoms with Crippen LogP contribution in [-0.4, -0.2) is 46.9 Å². The molecule has 0 aliphatic rings. The van der Waals surface area contributed by atoms with E-state index in [1.54, 1.807) is 10.9 Å². The Kier molecular flexibility index (Phi) is 4.55. The number of aliphatic carboxylic acids is 1. The third-order valence-electron chi connectivity index (χ3n) is 3.19. The maximum atomic E-state index is 12.1. The van der Waals surface area contributed by atoms with Gasteiger partial charge in [-0.1, -0.05) is 10.4 Å². The summed E-state index contributed by atoms with van der Waals surface area (Å²) in [5.41, 5.74) is 1.59. The average Bonchev–Trinajstić information content (AvgIpc) is 3.27. The fraction of sp³-hybridized carbons (Fsp3) is 0.286. The highest BCUT2D eigenvalue weighted by molar-refractivity contribution is 5.92. The maximum absolute atomic E-state index is 12.1. The fourth-order valence-corrected chi connectivity index (χ4v) is 2.10. The largest absolute Gasteiger partial charge is 0.480 e. The molecule has 11 nitrogen and oxygen atoms in total. The third kappa shape index (κ3) is 4.28. The molecule has 3 aromatic heterocycles. The van der Waals surface area contributed by atoms with Crippen molar-refractivity contribution in [2.24, 2.45) is 0 Å². The number of nitrogens with zero attached hydrogens (tertiary/aromatic N) is 6. The molecule has 0 saturated heterocycles. The summed E-state index contributed by atoms with van der Waals surface area (Å²) in [7, 11) is 0. The molecule has 3 rings (SSSR count). The van der Waals surface area contributed by atoms with Gasteiger partial charge < -0.3 is 14.9 Å².